The van der Waals surface area contributed by atoms with Gasteiger partial charge in [0.2, 0.25) is 11.8 Å². The molecule has 0 aliphatic heterocycles. The Bertz CT molecular complexity index is 683. The minimum atomic E-state index is -0.420. The van der Waals surface area contributed by atoms with Crippen molar-refractivity contribution in [1.82, 2.24) is 10.2 Å². The maximum absolute atomic E-state index is 12.3. The van der Waals surface area contributed by atoms with E-state index >= 15 is 0 Å². The van der Waals surface area contributed by atoms with Crippen molar-refractivity contribution in [2.45, 2.75) is 58.1 Å². The number of amides is 2. The van der Waals surface area contributed by atoms with Crippen LogP contribution in [0.15, 0.2) is 18.2 Å². The number of nitrogens with one attached hydrogen (secondary N) is 1. The third kappa shape index (κ3) is 4.50. The summed E-state index contributed by atoms with van der Waals surface area (Å²) in [4.78, 5) is 25.7. The molecule has 0 fully saturated rings. The van der Waals surface area contributed by atoms with Crippen molar-refractivity contribution in [2.24, 2.45) is 5.73 Å². The highest BCUT2D eigenvalue weighted by Gasteiger charge is 2.42. The van der Waals surface area contributed by atoms with E-state index in [1.165, 1.54) is 5.56 Å². The van der Waals surface area contributed by atoms with Crippen LogP contribution in [0.5, 0.6) is 0 Å². The van der Waals surface area contributed by atoms with Crippen LogP contribution in [0.25, 0.3) is 0 Å². The zero-order valence-electron chi connectivity index (χ0n) is 17.2. The molecular weight excluding hydrogens is 342 g/mol. The fourth-order valence-electron chi connectivity index (χ4n) is 4.15. The van der Waals surface area contributed by atoms with E-state index in [-0.39, 0.29) is 23.5 Å². The monoisotopic (exact) mass is 375 g/mol. The minimum absolute atomic E-state index is 0.00418. The van der Waals surface area contributed by atoms with Crippen LogP contribution in [0, 0.1) is 0 Å². The maximum atomic E-state index is 12.3. The van der Waals surface area contributed by atoms with Gasteiger partial charge in [0.25, 0.3) is 0 Å². The first-order valence-electron chi connectivity index (χ1n) is 9.73. The number of methoxy groups -OCH3 is 1. The Morgan fingerprint density at radius 2 is 1.96 bits per heavy atom. The maximum Gasteiger partial charge on any atom is 0.248 e. The van der Waals surface area contributed by atoms with Gasteiger partial charge in [0.15, 0.2) is 0 Å². The number of primary amides is 1. The Hall–Kier alpha value is -1.92. The molecule has 0 radical (unpaired) electrons. The van der Waals surface area contributed by atoms with Crippen molar-refractivity contribution in [3.8, 4) is 0 Å². The Labute approximate surface area is 162 Å². The summed E-state index contributed by atoms with van der Waals surface area (Å²) >= 11 is 0. The van der Waals surface area contributed by atoms with E-state index in [0.29, 0.717) is 18.5 Å². The van der Waals surface area contributed by atoms with Gasteiger partial charge in [0.05, 0.1) is 6.10 Å². The second kappa shape index (κ2) is 8.85. The Morgan fingerprint density at radius 1 is 1.30 bits per heavy atom. The molecule has 1 aromatic rings. The van der Waals surface area contributed by atoms with Crippen LogP contribution >= 0.6 is 0 Å². The average molecular weight is 376 g/mol. The van der Waals surface area contributed by atoms with Crippen LogP contribution in [0.4, 0.5) is 0 Å². The molecular formula is C21H33N3O3. The third-order valence-corrected chi connectivity index (χ3v) is 5.78. The summed E-state index contributed by atoms with van der Waals surface area (Å²) in [6.45, 7) is 10.3. The van der Waals surface area contributed by atoms with E-state index < -0.39 is 5.91 Å². The van der Waals surface area contributed by atoms with Crippen LogP contribution in [0.3, 0.4) is 0 Å². The molecule has 2 unspecified atom stereocenters. The van der Waals surface area contributed by atoms with Gasteiger partial charge < -0.3 is 20.7 Å². The second-order valence-electron chi connectivity index (χ2n) is 7.68. The first-order valence-corrected chi connectivity index (χ1v) is 9.73. The summed E-state index contributed by atoms with van der Waals surface area (Å²) in [6, 6.07) is 5.69. The fraction of sp³-hybridized carbons (Fsp3) is 0.619. The molecule has 1 aromatic carbocycles. The number of carbonyl (C=O) groups is 2. The number of nitrogens with zero attached hydrogens (tertiary/aromatic N) is 1. The number of rotatable bonds is 8. The highest BCUT2D eigenvalue weighted by molar-refractivity contribution is 5.93. The molecule has 6 heteroatoms. The summed E-state index contributed by atoms with van der Waals surface area (Å²) in [7, 11) is 1.72. The van der Waals surface area contributed by atoms with Gasteiger partial charge in [-0.15, -0.1) is 0 Å². The van der Waals surface area contributed by atoms with Gasteiger partial charge in [0, 0.05) is 56.6 Å². The summed E-state index contributed by atoms with van der Waals surface area (Å²) < 4.78 is 5.77. The van der Waals surface area contributed by atoms with Crippen molar-refractivity contribution in [3.63, 3.8) is 0 Å². The Balaban J connectivity index is 2.19. The van der Waals surface area contributed by atoms with Gasteiger partial charge in [-0.05, 0) is 37.1 Å². The SMILES string of the molecule is CCN(CC)C(=O)CCNC1C(OC)Cc2ccc(C(N)=O)cc2C1(C)C. The second-order valence-corrected chi connectivity index (χ2v) is 7.68. The minimum Gasteiger partial charge on any atom is -0.379 e. The molecule has 0 saturated heterocycles. The van der Waals surface area contributed by atoms with Crippen molar-refractivity contribution in [2.75, 3.05) is 26.7 Å². The Morgan fingerprint density at radius 3 is 2.52 bits per heavy atom. The van der Waals surface area contributed by atoms with E-state index in [4.69, 9.17) is 10.5 Å². The molecule has 1 aliphatic rings. The van der Waals surface area contributed by atoms with Gasteiger partial charge in [-0.25, -0.2) is 0 Å². The summed E-state index contributed by atoms with van der Waals surface area (Å²) in [5, 5.41) is 3.55. The first-order chi connectivity index (χ1) is 12.8. The normalized spacial score (nSPS) is 20.8. The molecule has 0 aromatic heterocycles. The summed E-state index contributed by atoms with van der Waals surface area (Å²) in [5.74, 6) is -0.261. The molecule has 27 heavy (non-hydrogen) atoms. The molecule has 0 bridgehead atoms. The summed E-state index contributed by atoms with van der Waals surface area (Å²) in [6.07, 6.45) is 1.21. The molecule has 2 atom stereocenters. The molecule has 0 spiro atoms. The number of nitrogens with two attached hydrogens (primary N) is 1. The molecule has 0 heterocycles. The lowest BCUT2D eigenvalue weighted by Gasteiger charge is -2.45. The lowest BCUT2D eigenvalue weighted by atomic mass is 9.67. The predicted octanol–water partition coefficient (Wildman–Crippen LogP) is 1.85. The number of ether oxygens (including phenoxy) is 1. The van der Waals surface area contributed by atoms with E-state index in [9.17, 15) is 9.59 Å². The lowest BCUT2D eigenvalue weighted by Crippen LogP contribution is -2.57. The van der Waals surface area contributed by atoms with E-state index in [1.807, 2.05) is 30.9 Å². The smallest absolute Gasteiger partial charge is 0.248 e. The molecule has 0 saturated carbocycles. The van der Waals surface area contributed by atoms with Crippen LogP contribution in [0.2, 0.25) is 0 Å². The predicted molar refractivity (Wildman–Crippen MR) is 107 cm³/mol. The number of carbonyl (C=O) groups excluding carboxylic acids is 2. The Kier molecular flexibility index (Phi) is 7.00. The van der Waals surface area contributed by atoms with E-state index in [1.54, 1.807) is 13.2 Å². The van der Waals surface area contributed by atoms with Crippen molar-refractivity contribution >= 4 is 11.8 Å². The number of hydrogen-bond donors (Lipinski definition) is 2. The van der Waals surface area contributed by atoms with Crippen molar-refractivity contribution in [3.05, 3.63) is 34.9 Å². The quantitative estimate of drug-likeness (QED) is 0.726. The molecule has 150 valence electrons. The van der Waals surface area contributed by atoms with Crippen LogP contribution < -0.4 is 11.1 Å². The number of fused-ring (bicyclic) bond motifs is 1. The van der Waals surface area contributed by atoms with Crippen LogP contribution in [0.1, 0.15) is 55.6 Å². The topological polar surface area (TPSA) is 84.7 Å². The average Bonchev–Trinajstić information content (AvgIpc) is 2.63. The molecule has 2 rings (SSSR count). The van der Waals surface area contributed by atoms with Gasteiger partial charge in [-0.2, -0.15) is 0 Å². The van der Waals surface area contributed by atoms with Gasteiger partial charge in [-0.3, -0.25) is 9.59 Å². The van der Waals surface area contributed by atoms with Gasteiger partial charge in [0.1, 0.15) is 0 Å². The number of hydrogen-bond acceptors (Lipinski definition) is 4. The number of benzene rings is 1. The van der Waals surface area contributed by atoms with Crippen molar-refractivity contribution < 1.29 is 14.3 Å². The van der Waals surface area contributed by atoms with E-state index in [2.05, 4.69) is 19.2 Å². The highest BCUT2D eigenvalue weighted by Crippen LogP contribution is 2.38. The van der Waals surface area contributed by atoms with E-state index in [0.717, 1.165) is 25.1 Å². The van der Waals surface area contributed by atoms with Crippen LogP contribution in [-0.2, 0) is 21.4 Å². The molecule has 2 amide bonds. The highest BCUT2D eigenvalue weighted by atomic mass is 16.5. The zero-order valence-corrected chi connectivity index (χ0v) is 17.2. The summed E-state index contributed by atoms with van der Waals surface area (Å²) in [5.41, 5.74) is 8.01. The molecule has 1 aliphatic carbocycles. The lowest BCUT2D eigenvalue weighted by molar-refractivity contribution is -0.130. The van der Waals surface area contributed by atoms with Crippen molar-refractivity contribution in [1.29, 1.82) is 0 Å². The fourth-order valence-corrected chi connectivity index (χ4v) is 4.15. The zero-order chi connectivity index (χ0) is 20.2. The largest absolute Gasteiger partial charge is 0.379 e. The molecule has 6 nitrogen and oxygen atoms in total. The molecule has 3 N–H and O–H groups in total. The van der Waals surface area contributed by atoms with Crippen LogP contribution in [-0.4, -0.2) is 55.6 Å². The standard InChI is InChI=1S/C21H33N3O3/c1-6-24(7-2)18(25)10-11-23-19-17(27-5)13-14-8-9-15(20(22)26)12-16(14)21(19,3)4/h8-9,12,17,19,23H,6-7,10-11,13H2,1-5H3,(H2,22,26). The van der Waals surface area contributed by atoms with Gasteiger partial charge >= 0.3 is 0 Å². The first kappa shape index (κ1) is 21.4. The van der Waals surface area contributed by atoms with Gasteiger partial charge in [-0.1, -0.05) is 19.9 Å². The third-order valence-electron chi connectivity index (χ3n) is 5.78.